The van der Waals surface area contributed by atoms with Gasteiger partial charge in [0.05, 0.1) is 6.04 Å². The number of carbonyl (C=O) groups is 3. The van der Waals surface area contributed by atoms with Crippen LogP contribution in [0.3, 0.4) is 0 Å². The summed E-state index contributed by atoms with van der Waals surface area (Å²) in [5.74, 6) is -1.55. The zero-order valence-electron chi connectivity index (χ0n) is 18.6. The molecule has 178 valence electrons. The molecule has 1 aromatic rings. The normalized spacial score (nSPS) is 13.6. The summed E-state index contributed by atoms with van der Waals surface area (Å²) in [5, 5.41) is 14.7. The first-order valence-corrected chi connectivity index (χ1v) is 10.5. The number of primary amides is 1. The minimum atomic E-state index is -1.01. The lowest BCUT2D eigenvalue weighted by atomic mass is 10.0. The molecule has 11 nitrogen and oxygen atoms in total. The number of hydrogen-bond acceptors (Lipinski definition) is 6. The zero-order chi connectivity index (χ0) is 24.3. The van der Waals surface area contributed by atoms with E-state index in [1.54, 1.807) is 12.1 Å². The SMILES string of the molecule is CC(C)C[C@H](N)C(=O)N[C@@H](CCCN=C(N)N)C(=O)N[C@@H](Cc1ccc(O)cc1)C(N)=O. The highest BCUT2D eigenvalue weighted by molar-refractivity contribution is 5.92. The number of benzene rings is 1. The highest BCUT2D eigenvalue weighted by atomic mass is 16.3. The van der Waals surface area contributed by atoms with E-state index in [1.807, 2.05) is 13.8 Å². The van der Waals surface area contributed by atoms with Crippen LogP contribution in [0, 0.1) is 5.92 Å². The number of amides is 3. The number of carbonyl (C=O) groups excluding carboxylic acids is 3. The van der Waals surface area contributed by atoms with Gasteiger partial charge < -0.3 is 38.7 Å². The molecule has 0 saturated carbocycles. The van der Waals surface area contributed by atoms with Crippen molar-refractivity contribution in [3.05, 3.63) is 29.8 Å². The fourth-order valence-electron chi connectivity index (χ4n) is 3.03. The predicted octanol–water partition coefficient (Wildman–Crippen LogP) is -1.18. The molecule has 0 aliphatic heterocycles. The second-order valence-electron chi connectivity index (χ2n) is 8.08. The Morgan fingerprint density at radius 1 is 1.00 bits per heavy atom. The summed E-state index contributed by atoms with van der Waals surface area (Å²) in [6, 6.07) is 3.46. The van der Waals surface area contributed by atoms with Gasteiger partial charge in [-0.25, -0.2) is 0 Å². The molecule has 1 rings (SSSR count). The third-order valence-corrected chi connectivity index (χ3v) is 4.68. The molecule has 0 spiro atoms. The monoisotopic (exact) mass is 449 g/mol. The summed E-state index contributed by atoms with van der Waals surface area (Å²) in [5.41, 5.74) is 22.7. The van der Waals surface area contributed by atoms with E-state index in [2.05, 4.69) is 15.6 Å². The van der Waals surface area contributed by atoms with Crippen LogP contribution in [0.4, 0.5) is 0 Å². The van der Waals surface area contributed by atoms with Gasteiger partial charge in [-0.2, -0.15) is 0 Å². The molecule has 32 heavy (non-hydrogen) atoms. The smallest absolute Gasteiger partial charge is 0.243 e. The third-order valence-electron chi connectivity index (χ3n) is 4.68. The van der Waals surface area contributed by atoms with E-state index in [0.717, 1.165) is 0 Å². The predicted molar refractivity (Wildman–Crippen MR) is 122 cm³/mol. The van der Waals surface area contributed by atoms with Gasteiger partial charge in [0.2, 0.25) is 17.7 Å². The Balaban J connectivity index is 2.89. The minimum absolute atomic E-state index is 0.0725. The van der Waals surface area contributed by atoms with Gasteiger partial charge in [-0.15, -0.1) is 0 Å². The number of guanidine groups is 1. The topological polar surface area (TPSA) is 212 Å². The van der Waals surface area contributed by atoms with Crippen molar-refractivity contribution in [2.24, 2.45) is 33.8 Å². The second kappa shape index (κ2) is 13.2. The summed E-state index contributed by atoms with van der Waals surface area (Å²) in [7, 11) is 0. The Morgan fingerprint density at radius 3 is 2.12 bits per heavy atom. The van der Waals surface area contributed by atoms with Crippen LogP contribution in [0.2, 0.25) is 0 Å². The fourth-order valence-corrected chi connectivity index (χ4v) is 3.03. The van der Waals surface area contributed by atoms with Crippen molar-refractivity contribution in [3.63, 3.8) is 0 Å². The molecule has 0 aromatic heterocycles. The van der Waals surface area contributed by atoms with Gasteiger partial charge in [-0.1, -0.05) is 26.0 Å². The summed E-state index contributed by atoms with van der Waals surface area (Å²) in [4.78, 5) is 41.2. The number of nitrogens with two attached hydrogens (primary N) is 4. The number of aliphatic imine (C=N–C) groups is 1. The molecule has 11 heteroatoms. The molecule has 0 saturated heterocycles. The first kappa shape index (κ1) is 26.7. The molecule has 1 aromatic carbocycles. The van der Waals surface area contributed by atoms with Crippen LogP contribution in [0.5, 0.6) is 5.75 Å². The number of aromatic hydroxyl groups is 1. The lowest BCUT2D eigenvalue weighted by molar-refractivity contribution is -0.132. The van der Waals surface area contributed by atoms with Crippen LogP contribution in [-0.2, 0) is 20.8 Å². The van der Waals surface area contributed by atoms with Crippen LogP contribution < -0.4 is 33.6 Å². The summed E-state index contributed by atoms with van der Waals surface area (Å²) < 4.78 is 0. The maximum atomic E-state index is 12.9. The Kier molecular flexibility index (Phi) is 11.0. The van der Waals surface area contributed by atoms with Crippen molar-refractivity contribution in [2.75, 3.05) is 6.54 Å². The van der Waals surface area contributed by atoms with E-state index in [0.29, 0.717) is 18.4 Å². The van der Waals surface area contributed by atoms with Crippen molar-refractivity contribution < 1.29 is 19.5 Å². The van der Waals surface area contributed by atoms with Crippen LogP contribution in [0.25, 0.3) is 0 Å². The standard InChI is InChI=1S/C21H35N7O4/c1-12(2)10-15(22)19(31)27-16(4-3-9-26-21(24)25)20(32)28-17(18(23)30)11-13-5-7-14(29)8-6-13/h5-8,12,15-17,29H,3-4,9-11,22H2,1-2H3,(H2,23,30)(H,27,31)(H,28,32)(H4,24,25,26)/t15-,16-,17-/m0/s1. The number of nitrogens with zero attached hydrogens (tertiary/aromatic N) is 1. The lowest BCUT2D eigenvalue weighted by Crippen LogP contribution is -2.55. The molecule has 3 amide bonds. The highest BCUT2D eigenvalue weighted by Crippen LogP contribution is 2.12. The van der Waals surface area contributed by atoms with E-state index in [-0.39, 0.29) is 37.0 Å². The molecular weight excluding hydrogens is 414 g/mol. The van der Waals surface area contributed by atoms with Gasteiger partial charge in [0, 0.05) is 13.0 Å². The quantitative estimate of drug-likeness (QED) is 0.111. The third kappa shape index (κ3) is 10.1. The highest BCUT2D eigenvalue weighted by Gasteiger charge is 2.27. The maximum absolute atomic E-state index is 12.9. The van der Waals surface area contributed by atoms with Crippen LogP contribution in [0.1, 0.15) is 38.7 Å². The maximum Gasteiger partial charge on any atom is 0.243 e. The zero-order valence-corrected chi connectivity index (χ0v) is 18.6. The first-order valence-electron chi connectivity index (χ1n) is 10.5. The summed E-state index contributed by atoms with van der Waals surface area (Å²) in [6.45, 7) is 4.15. The molecule has 0 aliphatic carbocycles. The molecular formula is C21H35N7O4. The van der Waals surface area contributed by atoms with E-state index in [4.69, 9.17) is 22.9 Å². The molecule has 0 unspecified atom stereocenters. The van der Waals surface area contributed by atoms with Crippen molar-refractivity contribution >= 4 is 23.7 Å². The lowest BCUT2D eigenvalue weighted by Gasteiger charge is -2.23. The summed E-state index contributed by atoms with van der Waals surface area (Å²) in [6.07, 6.45) is 1.23. The Labute approximate surface area is 188 Å². The number of rotatable bonds is 13. The van der Waals surface area contributed by atoms with Crippen molar-refractivity contribution in [1.29, 1.82) is 0 Å². The molecule has 3 atom stereocenters. The number of phenols is 1. The minimum Gasteiger partial charge on any atom is -0.508 e. The van der Waals surface area contributed by atoms with Gasteiger partial charge in [0.15, 0.2) is 5.96 Å². The van der Waals surface area contributed by atoms with Crippen molar-refractivity contribution in [3.8, 4) is 5.75 Å². The molecule has 11 N–H and O–H groups in total. The average molecular weight is 450 g/mol. The van der Waals surface area contributed by atoms with Crippen LogP contribution in [-0.4, -0.2) is 53.5 Å². The van der Waals surface area contributed by atoms with E-state index in [1.165, 1.54) is 12.1 Å². The van der Waals surface area contributed by atoms with E-state index >= 15 is 0 Å². The molecule has 0 fully saturated rings. The first-order chi connectivity index (χ1) is 15.0. The Hall–Kier alpha value is -3.34. The number of phenolic OH excluding ortho intramolecular Hbond substituents is 1. The van der Waals surface area contributed by atoms with Crippen LogP contribution in [0.15, 0.2) is 29.3 Å². The van der Waals surface area contributed by atoms with Gasteiger partial charge in [0.1, 0.15) is 17.8 Å². The molecule has 0 heterocycles. The molecule has 0 radical (unpaired) electrons. The molecule has 0 bridgehead atoms. The number of hydrogen-bond donors (Lipinski definition) is 7. The average Bonchev–Trinajstić information content (AvgIpc) is 2.70. The van der Waals surface area contributed by atoms with Gasteiger partial charge in [0.25, 0.3) is 0 Å². The van der Waals surface area contributed by atoms with Gasteiger partial charge in [-0.05, 0) is 42.9 Å². The fraction of sp³-hybridized carbons (Fsp3) is 0.524. The van der Waals surface area contributed by atoms with Crippen molar-refractivity contribution in [1.82, 2.24) is 10.6 Å². The van der Waals surface area contributed by atoms with E-state index in [9.17, 15) is 19.5 Å². The van der Waals surface area contributed by atoms with Gasteiger partial charge >= 0.3 is 0 Å². The summed E-state index contributed by atoms with van der Waals surface area (Å²) >= 11 is 0. The largest absolute Gasteiger partial charge is 0.508 e. The van der Waals surface area contributed by atoms with Crippen LogP contribution >= 0.6 is 0 Å². The second-order valence-corrected chi connectivity index (χ2v) is 8.08. The van der Waals surface area contributed by atoms with Gasteiger partial charge in [-0.3, -0.25) is 19.4 Å². The number of nitrogens with one attached hydrogen (secondary N) is 2. The Bertz CT molecular complexity index is 792. The Morgan fingerprint density at radius 2 is 1.59 bits per heavy atom. The molecule has 0 aliphatic rings. The van der Waals surface area contributed by atoms with E-state index < -0.39 is 35.8 Å². The van der Waals surface area contributed by atoms with Crippen molar-refractivity contribution in [2.45, 2.75) is 57.7 Å².